The van der Waals surface area contributed by atoms with Crippen molar-refractivity contribution in [3.05, 3.63) is 24.3 Å². The molecular formula is C19H27N3O4. The SMILES string of the molecule is COc1ccccc1OCCC(=O)N1CCCC(N2CCNCC2=O)C1. The second-order valence-electron chi connectivity index (χ2n) is 6.65. The molecule has 0 saturated carbocycles. The predicted octanol–water partition coefficient (Wildman–Crippen LogP) is 0.887. The minimum atomic E-state index is 0.0761. The molecular weight excluding hydrogens is 334 g/mol. The summed E-state index contributed by atoms with van der Waals surface area (Å²) in [6, 6.07) is 7.55. The summed E-state index contributed by atoms with van der Waals surface area (Å²) in [5.74, 6) is 1.52. The van der Waals surface area contributed by atoms with Crippen LogP contribution in [0.15, 0.2) is 24.3 Å². The molecule has 0 radical (unpaired) electrons. The molecule has 7 nitrogen and oxygen atoms in total. The maximum atomic E-state index is 12.6. The first-order chi connectivity index (χ1) is 12.7. The number of ether oxygens (including phenoxy) is 2. The zero-order chi connectivity index (χ0) is 18.4. The zero-order valence-corrected chi connectivity index (χ0v) is 15.3. The molecule has 1 aromatic carbocycles. The fraction of sp³-hybridized carbons (Fsp3) is 0.579. The van der Waals surface area contributed by atoms with E-state index in [0.29, 0.717) is 37.6 Å². The Balaban J connectivity index is 1.49. The molecule has 1 atom stereocenters. The van der Waals surface area contributed by atoms with Gasteiger partial charge >= 0.3 is 0 Å². The molecule has 26 heavy (non-hydrogen) atoms. The summed E-state index contributed by atoms with van der Waals surface area (Å²) in [6.45, 7) is 3.64. The van der Waals surface area contributed by atoms with Crippen LogP contribution in [0.25, 0.3) is 0 Å². The van der Waals surface area contributed by atoms with Gasteiger partial charge in [-0.1, -0.05) is 12.1 Å². The molecule has 1 unspecified atom stereocenters. The molecule has 2 aliphatic rings. The van der Waals surface area contributed by atoms with Gasteiger partial charge in [0.25, 0.3) is 0 Å². The van der Waals surface area contributed by atoms with Gasteiger partial charge in [-0.25, -0.2) is 0 Å². The molecule has 1 N–H and O–H groups in total. The first-order valence-electron chi connectivity index (χ1n) is 9.23. The number of carbonyl (C=O) groups is 2. The van der Waals surface area contributed by atoms with Crippen LogP contribution >= 0.6 is 0 Å². The molecule has 2 fully saturated rings. The van der Waals surface area contributed by atoms with Gasteiger partial charge in [0.2, 0.25) is 11.8 Å². The molecule has 7 heteroatoms. The average Bonchev–Trinajstić information content (AvgIpc) is 2.68. The third kappa shape index (κ3) is 4.46. The van der Waals surface area contributed by atoms with Crippen molar-refractivity contribution in [3.8, 4) is 11.5 Å². The number of hydrogen-bond acceptors (Lipinski definition) is 5. The molecule has 1 aromatic rings. The highest BCUT2D eigenvalue weighted by molar-refractivity contribution is 5.80. The first kappa shape index (κ1) is 18.5. The Morgan fingerprint density at radius 3 is 2.85 bits per heavy atom. The van der Waals surface area contributed by atoms with Gasteiger partial charge in [-0.05, 0) is 25.0 Å². The van der Waals surface area contributed by atoms with Crippen LogP contribution in [-0.4, -0.2) is 74.1 Å². The topological polar surface area (TPSA) is 71.1 Å². The minimum absolute atomic E-state index is 0.0761. The van der Waals surface area contributed by atoms with Crippen molar-refractivity contribution < 1.29 is 19.1 Å². The number of methoxy groups -OCH3 is 1. The molecule has 0 bridgehead atoms. The Morgan fingerprint density at radius 2 is 2.08 bits per heavy atom. The number of hydrogen-bond donors (Lipinski definition) is 1. The molecule has 2 heterocycles. The van der Waals surface area contributed by atoms with Crippen molar-refractivity contribution in [2.45, 2.75) is 25.3 Å². The maximum absolute atomic E-state index is 12.6. The minimum Gasteiger partial charge on any atom is -0.493 e. The first-order valence-corrected chi connectivity index (χ1v) is 9.23. The highest BCUT2D eigenvalue weighted by Crippen LogP contribution is 2.26. The Bertz CT molecular complexity index is 637. The van der Waals surface area contributed by atoms with E-state index in [-0.39, 0.29) is 17.9 Å². The third-order valence-corrected chi connectivity index (χ3v) is 4.96. The molecule has 0 spiro atoms. The van der Waals surface area contributed by atoms with Crippen LogP contribution in [-0.2, 0) is 9.59 Å². The Labute approximate surface area is 154 Å². The molecule has 2 aliphatic heterocycles. The van der Waals surface area contributed by atoms with Crippen molar-refractivity contribution in [2.75, 3.05) is 46.4 Å². The number of amides is 2. The van der Waals surface area contributed by atoms with E-state index >= 15 is 0 Å². The van der Waals surface area contributed by atoms with Gasteiger partial charge in [0, 0.05) is 32.2 Å². The Hall–Kier alpha value is -2.28. The van der Waals surface area contributed by atoms with E-state index in [1.54, 1.807) is 7.11 Å². The number of benzene rings is 1. The van der Waals surface area contributed by atoms with E-state index in [4.69, 9.17) is 9.47 Å². The standard InChI is InChI=1S/C19H27N3O4/c1-25-16-6-2-3-7-17(16)26-12-8-18(23)21-10-4-5-15(14-21)22-11-9-20-13-19(22)24/h2-3,6-7,15,20H,4-5,8-14H2,1H3. The van der Waals surface area contributed by atoms with Crippen molar-refractivity contribution in [1.82, 2.24) is 15.1 Å². The van der Waals surface area contributed by atoms with Crippen LogP contribution in [0.5, 0.6) is 11.5 Å². The smallest absolute Gasteiger partial charge is 0.236 e. The monoisotopic (exact) mass is 361 g/mol. The quantitative estimate of drug-likeness (QED) is 0.815. The average molecular weight is 361 g/mol. The van der Waals surface area contributed by atoms with E-state index in [2.05, 4.69) is 5.32 Å². The fourth-order valence-electron chi connectivity index (χ4n) is 3.59. The molecule has 0 aliphatic carbocycles. The normalized spacial score (nSPS) is 20.8. The van der Waals surface area contributed by atoms with Gasteiger partial charge in [-0.2, -0.15) is 0 Å². The zero-order valence-electron chi connectivity index (χ0n) is 15.3. The molecule has 2 saturated heterocycles. The lowest BCUT2D eigenvalue weighted by Crippen LogP contribution is -2.57. The summed E-state index contributed by atoms with van der Waals surface area (Å²) < 4.78 is 11.0. The van der Waals surface area contributed by atoms with Crippen molar-refractivity contribution in [2.24, 2.45) is 0 Å². The molecule has 3 rings (SSSR count). The second kappa shape index (κ2) is 8.89. The number of nitrogens with zero attached hydrogens (tertiary/aromatic N) is 2. The van der Waals surface area contributed by atoms with E-state index < -0.39 is 0 Å². The molecule has 142 valence electrons. The lowest BCUT2D eigenvalue weighted by molar-refractivity contribution is -0.140. The van der Waals surface area contributed by atoms with Crippen LogP contribution < -0.4 is 14.8 Å². The van der Waals surface area contributed by atoms with Crippen LogP contribution in [0.2, 0.25) is 0 Å². The second-order valence-corrected chi connectivity index (χ2v) is 6.65. The van der Waals surface area contributed by atoms with E-state index in [0.717, 1.165) is 32.5 Å². The number of carbonyl (C=O) groups excluding carboxylic acids is 2. The summed E-state index contributed by atoms with van der Waals surface area (Å²) in [7, 11) is 1.60. The Kier molecular flexibility index (Phi) is 6.33. The summed E-state index contributed by atoms with van der Waals surface area (Å²) in [4.78, 5) is 28.4. The highest BCUT2D eigenvalue weighted by atomic mass is 16.5. The van der Waals surface area contributed by atoms with Gasteiger partial charge in [0.05, 0.1) is 26.7 Å². The van der Waals surface area contributed by atoms with Crippen LogP contribution in [0.1, 0.15) is 19.3 Å². The van der Waals surface area contributed by atoms with Crippen molar-refractivity contribution in [1.29, 1.82) is 0 Å². The Morgan fingerprint density at radius 1 is 1.27 bits per heavy atom. The summed E-state index contributed by atoms with van der Waals surface area (Å²) in [5, 5.41) is 3.09. The number of para-hydroxylation sites is 2. The number of rotatable bonds is 6. The number of likely N-dealkylation sites (tertiary alicyclic amines) is 1. The van der Waals surface area contributed by atoms with Crippen LogP contribution in [0, 0.1) is 0 Å². The molecule has 0 aromatic heterocycles. The number of piperidine rings is 1. The van der Waals surface area contributed by atoms with Crippen LogP contribution in [0.4, 0.5) is 0 Å². The van der Waals surface area contributed by atoms with Gasteiger partial charge in [0.1, 0.15) is 0 Å². The summed E-state index contributed by atoms with van der Waals surface area (Å²) in [6.07, 6.45) is 2.22. The predicted molar refractivity (Wildman–Crippen MR) is 97.3 cm³/mol. The van der Waals surface area contributed by atoms with Gasteiger partial charge in [-0.3, -0.25) is 9.59 Å². The van der Waals surface area contributed by atoms with Crippen molar-refractivity contribution in [3.63, 3.8) is 0 Å². The van der Waals surface area contributed by atoms with E-state index in [1.807, 2.05) is 34.1 Å². The number of piperazine rings is 1. The van der Waals surface area contributed by atoms with Gasteiger partial charge in [0.15, 0.2) is 11.5 Å². The fourth-order valence-corrected chi connectivity index (χ4v) is 3.59. The van der Waals surface area contributed by atoms with E-state index in [1.165, 1.54) is 0 Å². The van der Waals surface area contributed by atoms with E-state index in [9.17, 15) is 9.59 Å². The lowest BCUT2D eigenvalue weighted by Gasteiger charge is -2.41. The number of nitrogens with one attached hydrogen (secondary N) is 1. The lowest BCUT2D eigenvalue weighted by atomic mass is 10.0. The molecule has 2 amide bonds. The van der Waals surface area contributed by atoms with Crippen LogP contribution in [0.3, 0.4) is 0 Å². The van der Waals surface area contributed by atoms with Gasteiger partial charge in [-0.15, -0.1) is 0 Å². The van der Waals surface area contributed by atoms with Crippen molar-refractivity contribution >= 4 is 11.8 Å². The largest absolute Gasteiger partial charge is 0.493 e. The highest BCUT2D eigenvalue weighted by Gasteiger charge is 2.31. The summed E-state index contributed by atoms with van der Waals surface area (Å²) >= 11 is 0. The van der Waals surface area contributed by atoms with Gasteiger partial charge < -0.3 is 24.6 Å². The maximum Gasteiger partial charge on any atom is 0.236 e. The third-order valence-electron chi connectivity index (χ3n) is 4.96. The summed E-state index contributed by atoms with van der Waals surface area (Å²) in [5.41, 5.74) is 0.